The van der Waals surface area contributed by atoms with E-state index in [-0.39, 0.29) is 5.54 Å². The first-order chi connectivity index (χ1) is 8.99. The van der Waals surface area contributed by atoms with Crippen molar-refractivity contribution in [2.45, 2.75) is 51.1 Å². The highest BCUT2D eigenvalue weighted by molar-refractivity contribution is 6.04. The maximum atomic E-state index is 6.26. The van der Waals surface area contributed by atoms with Crippen LogP contribution in [0.25, 0.3) is 0 Å². The fraction of sp³-hybridized carbons (Fsp3) is 0.625. The fourth-order valence-electron chi connectivity index (χ4n) is 3.68. The lowest BCUT2D eigenvalue weighted by atomic mass is 9.75. The van der Waals surface area contributed by atoms with Crippen LogP contribution in [0.3, 0.4) is 0 Å². The van der Waals surface area contributed by atoms with Crippen LogP contribution in [0, 0.1) is 5.92 Å². The average molecular weight is 254 g/mol. The van der Waals surface area contributed by atoms with Gasteiger partial charge in [0.2, 0.25) is 0 Å². The molecule has 3 heteroatoms. The van der Waals surface area contributed by atoms with Gasteiger partial charge < -0.3 is 10.1 Å². The predicted octanol–water partition coefficient (Wildman–Crippen LogP) is 3.16. The van der Waals surface area contributed by atoms with Gasteiger partial charge in [-0.3, -0.25) is 0 Å². The zero-order valence-corrected chi connectivity index (χ0v) is 12.2. The standard InChI is InChI=1S/C16H23BN2/c1-11-8-9-19(17)16(2,3)10-13-12-6-4-5-7-14(12)18-15(11)13/h4-7,11,13,15,18H,8-10H2,1-3H3. The lowest BCUT2D eigenvalue weighted by molar-refractivity contribution is 0.162. The Bertz CT molecular complexity index is 472. The fourth-order valence-corrected chi connectivity index (χ4v) is 3.68. The number of rotatable bonds is 0. The summed E-state index contributed by atoms with van der Waals surface area (Å²) in [5.41, 5.74) is 2.86. The highest BCUT2D eigenvalue weighted by atomic mass is 15.1. The Kier molecular flexibility index (Phi) is 3.13. The molecule has 100 valence electrons. The van der Waals surface area contributed by atoms with Crippen LogP contribution in [-0.4, -0.2) is 30.9 Å². The number of benzene rings is 1. The van der Waals surface area contributed by atoms with Crippen molar-refractivity contribution in [3.8, 4) is 0 Å². The van der Waals surface area contributed by atoms with Crippen LogP contribution in [-0.2, 0) is 0 Å². The summed E-state index contributed by atoms with van der Waals surface area (Å²) in [6.45, 7) is 7.86. The van der Waals surface area contributed by atoms with Gasteiger partial charge >= 0.3 is 0 Å². The van der Waals surface area contributed by atoms with Gasteiger partial charge in [-0.15, -0.1) is 0 Å². The molecular formula is C16H23BN2. The molecule has 1 N–H and O–H groups in total. The summed E-state index contributed by atoms with van der Waals surface area (Å²) in [5.74, 6) is 1.23. The van der Waals surface area contributed by atoms with E-state index in [9.17, 15) is 0 Å². The average Bonchev–Trinajstić information content (AvgIpc) is 2.73. The van der Waals surface area contributed by atoms with Gasteiger partial charge in [0, 0.05) is 23.2 Å². The van der Waals surface area contributed by atoms with Gasteiger partial charge in [-0.25, -0.2) is 0 Å². The molecule has 1 fully saturated rings. The molecule has 2 aliphatic rings. The first-order valence-electron chi connectivity index (χ1n) is 7.37. The summed E-state index contributed by atoms with van der Waals surface area (Å²) in [7, 11) is 6.26. The molecule has 0 saturated carbocycles. The summed E-state index contributed by atoms with van der Waals surface area (Å²) in [6, 6.07) is 9.32. The highest BCUT2D eigenvalue weighted by Gasteiger charge is 2.41. The van der Waals surface area contributed by atoms with Gasteiger partial charge in [0.25, 0.3) is 0 Å². The summed E-state index contributed by atoms with van der Waals surface area (Å²) < 4.78 is 0. The van der Waals surface area contributed by atoms with E-state index in [1.165, 1.54) is 11.3 Å². The second-order valence-electron chi connectivity index (χ2n) is 6.84. The first-order valence-corrected chi connectivity index (χ1v) is 7.37. The van der Waals surface area contributed by atoms with Crippen LogP contribution in [0.2, 0.25) is 0 Å². The molecule has 0 aliphatic carbocycles. The second-order valence-corrected chi connectivity index (χ2v) is 6.84. The van der Waals surface area contributed by atoms with Crippen LogP contribution < -0.4 is 5.32 Å². The molecule has 1 aromatic rings. The van der Waals surface area contributed by atoms with Crippen molar-refractivity contribution in [2.24, 2.45) is 5.92 Å². The summed E-state index contributed by atoms with van der Waals surface area (Å²) in [5, 5.41) is 3.75. The van der Waals surface area contributed by atoms with Crippen molar-refractivity contribution >= 4 is 13.7 Å². The Morgan fingerprint density at radius 2 is 2.05 bits per heavy atom. The van der Waals surface area contributed by atoms with E-state index in [0.29, 0.717) is 17.9 Å². The minimum absolute atomic E-state index is 0.0577. The van der Waals surface area contributed by atoms with Crippen LogP contribution in [0.1, 0.15) is 45.1 Å². The van der Waals surface area contributed by atoms with E-state index < -0.39 is 0 Å². The Morgan fingerprint density at radius 1 is 1.32 bits per heavy atom. The van der Waals surface area contributed by atoms with Gasteiger partial charge in [-0.2, -0.15) is 0 Å². The molecule has 2 heterocycles. The van der Waals surface area contributed by atoms with Gasteiger partial charge in [-0.05, 0) is 50.8 Å². The zero-order chi connectivity index (χ0) is 13.6. The maximum Gasteiger partial charge on any atom is 0.183 e. The van der Waals surface area contributed by atoms with Gasteiger partial charge in [0.1, 0.15) is 0 Å². The molecule has 19 heavy (non-hydrogen) atoms. The number of anilines is 1. The van der Waals surface area contributed by atoms with Crippen LogP contribution in [0.15, 0.2) is 24.3 Å². The van der Waals surface area contributed by atoms with E-state index in [0.717, 1.165) is 19.4 Å². The molecule has 1 saturated heterocycles. The van der Waals surface area contributed by atoms with Gasteiger partial charge in [-0.1, -0.05) is 25.1 Å². The van der Waals surface area contributed by atoms with E-state index in [2.05, 4.69) is 50.4 Å². The molecule has 2 radical (unpaired) electrons. The second kappa shape index (κ2) is 4.55. The summed E-state index contributed by atoms with van der Waals surface area (Å²) in [6.07, 6.45) is 2.27. The Labute approximate surface area is 118 Å². The Morgan fingerprint density at radius 3 is 2.84 bits per heavy atom. The van der Waals surface area contributed by atoms with Crippen molar-refractivity contribution in [1.29, 1.82) is 0 Å². The number of nitrogens with zero attached hydrogens (tertiary/aromatic N) is 1. The molecular weight excluding hydrogens is 231 g/mol. The Balaban J connectivity index is 1.98. The monoisotopic (exact) mass is 254 g/mol. The van der Waals surface area contributed by atoms with Crippen LogP contribution in [0.5, 0.6) is 0 Å². The van der Waals surface area contributed by atoms with Crippen LogP contribution >= 0.6 is 0 Å². The predicted molar refractivity (Wildman–Crippen MR) is 81.5 cm³/mol. The molecule has 0 aromatic heterocycles. The minimum Gasteiger partial charge on any atom is -0.381 e. The Hall–Kier alpha value is -0.955. The zero-order valence-electron chi connectivity index (χ0n) is 12.2. The number of fused-ring (bicyclic) bond motifs is 3. The van der Waals surface area contributed by atoms with Crippen molar-refractivity contribution in [3.05, 3.63) is 29.8 Å². The molecule has 1 aromatic carbocycles. The van der Waals surface area contributed by atoms with E-state index in [4.69, 9.17) is 7.98 Å². The number of nitrogens with one attached hydrogen (secondary N) is 1. The third-order valence-electron chi connectivity index (χ3n) is 5.05. The van der Waals surface area contributed by atoms with Crippen molar-refractivity contribution in [1.82, 2.24) is 4.81 Å². The van der Waals surface area contributed by atoms with Crippen molar-refractivity contribution in [2.75, 3.05) is 11.9 Å². The molecule has 0 spiro atoms. The van der Waals surface area contributed by atoms with Crippen LogP contribution in [0.4, 0.5) is 5.69 Å². The largest absolute Gasteiger partial charge is 0.381 e. The lowest BCUT2D eigenvalue weighted by Crippen LogP contribution is -2.48. The first kappa shape index (κ1) is 13.0. The quantitative estimate of drug-likeness (QED) is 0.715. The SMILES string of the molecule is [B]N1CCC(C)C2Nc3ccccc3C2CC1(C)C. The van der Waals surface area contributed by atoms with E-state index in [1.54, 1.807) is 0 Å². The lowest BCUT2D eigenvalue weighted by Gasteiger charge is -2.43. The number of hydrogen-bond acceptors (Lipinski definition) is 2. The molecule has 2 aliphatic heterocycles. The number of para-hydroxylation sites is 1. The molecule has 3 rings (SSSR count). The summed E-state index contributed by atoms with van der Waals surface area (Å²) >= 11 is 0. The molecule has 0 bridgehead atoms. The third kappa shape index (κ3) is 2.18. The molecule has 3 unspecified atom stereocenters. The van der Waals surface area contributed by atoms with Gasteiger partial charge in [0.15, 0.2) is 7.98 Å². The van der Waals surface area contributed by atoms with Gasteiger partial charge in [0.05, 0.1) is 0 Å². The highest BCUT2D eigenvalue weighted by Crippen LogP contribution is 2.45. The smallest absolute Gasteiger partial charge is 0.183 e. The molecule has 2 nitrogen and oxygen atoms in total. The van der Waals surface area contributed by atoms with E-state index in [1.807, 2.05) is 4.81 Å². The van der Waals surface area contributed by atoms with E-state index >= 15 is 0 Å². The maximum absolute atomic E-state index is 6.26. The number of hydrogen-bond donors (Lipinski definition) is 1. The molecule has 0 amide bonds. The minimum atomic E-state index is 0.0577. The van der Waals surface area contributed by atoms with Crippen molar-refractivity contribution < 1.29 is 0 Å². The molecule has 3 atom stereocenters. The normalized spacial score (nSPS) is 33.7. The van der Waals surface area contributed by atoms with Crippen molar-refractivity contribution in [3.63, 3.8) is 0 Å². The summed E-state index contributed by atoms with van der Waals surface area (Å²) in [4.78, 5) is 2.04. The topological polar surface area (TPSA) is 15.3 Å². The third-order valence-corrected chi connectivity index (χ3v) is 5.05.